The standard InChI is InChI=1S/C14H21N3O2/c1-18-12(13-16-17-14(15)19-13)11-9-3-7-2-8(5-9)6-10(11)4-7/h7-12H,2-6H2,1H3,(H2,15,17). The van der Waals surface area contributed by atoms with Crippen LogP contribution in [-0.4, -0.2) is 17.3 Å². The van der Waals surface area contributed by atoms with Gasteiger partial charge in [-0.25, -0.2) is 0 Å². The molecule has 1 aromatic heterocycles. The minimum absolute atomic E-state index is 0.0696. The third-order valence-electron chi connectivity index (χ3n) is 5.60. The minimum Gasteiger partial charge on any atom is -0.405 e. The first-order chi connectivity index (χ1) is 9.24. The molecule has 1 atom stereocenters. The molecule has 0 spiro atoms. The van der Waals surface area contributed by atoms with Crippen LogP contribution in [-0.2, 0) is 4.74 Å². The Morgan fingerprint density at radius 3 is 2.21 bits per heavy atom. The molecule has 1 aromatic rings. The molecule has 104 valence electrons. The lowest BCUT2D eigenvalue weighted by Gasteiger charge is -2.55. The quantitative estimate of drug-likeness (QED) is 0.906. The van der Waals surface area contributed by atoms with Gasteiger partial charge in [-0.3, -0.25) is 0 Å². The average Bonchev–Trinajstić information content (AvgIpc) is 2.79. The number of anilines is 1. The maximum Gasteiger partial charge on any atom is 0.312 e. The van der Waals surface area contributed by atoms with Gasteiger partial charge in [-0.2, -0.15) is 0 Å². The van der Waals surface area contributed by atoms with Crippen molar-refractivity contribution < 1.29 is 9.15 Å². The normalized spacial score (nSPS) is 41.6. The van der Waals surface area contributed by atoms with Crippen LogP contribution in [0, 0.1) is 29.6 Å². The molecule has 0 aliphatic heterocycles. The van der Waals surface area contributed by atoms with Crippen molar-refractivity contribution in [1.82, 2.24) is 10.2 Å². The van der Waals surface area contributed by atoms with Gasteiger partial charge >= 0.3 is 6.01 Å². The van der Waals surface area contributed by atoms with E-state index in [2.05, 4.69) is 10.2 Å². The van der Waals surface area contributed by atoms with Crippen molar-refractivity contribution in [2.75, 3.05) is 12.8 Å². The Balaban J connectivity index is 1.63. The topological polar surface area (TPSA) is 74.2 Å². The van der Waals surface area contributed by atoms with Gasteiger partial charge in [0.05, 0.1) is 0 Å². The summed E-state index contributed by atoms with van der Waals surface area (Å²) in [5.41, 5.74) is 5.55. The lowest BCUT2D eigenvalue weighted by atomic mass is 9.51. The van der Waals surface area contributed by atoms with Crippen LogP contribution in [0.2, 0.25) is 0 Å². The first-order valence-corrected chi connectivity index (χ1v) is 7.36. The van der Waals surface area contributed by atoms with E-state index in [-0.39, 0.29) is 12.1 Å². The van der Waals surface area contributed by atoms with E-state index in [0.29, 0.717) is 11.8 Å². The Labute approximate surface area is 112 Å². The number of rotatable bonds is 3. The van der Waals surface area contributed by atoms with Gasteiger partial charge in [-0.1, -0.05) is 5.10 Å². The van der Waals surface area contributed by atoms with E-state index in [9.17, 15) is 0 Å². The van der Waals surface area contributed by atoms with Gasteiger partial charge in [0.2, 0.25) is 5.89 Å². The molecule has 4 fully saturated rings. The van der Waals surface area contributed by atoms with E-state index in [1.165, 1.54) is 32.1 Å². The summed E-state index contributed by atoms with van der Waals surface area (Å²) < 4.78 is 11.1. The van der Waals surface area contributed by atoms with Crippen LogP contribution < -0.4 is 5.73 Å². The van der Waals surface area contributed by atoms with E-state index in [1.807, 2.05) is 0 Å². The fourth-order valence-electron chi connectivity index (χ4n) is 5.25. The summed E-state index contributed by atoms with van der Waals surface area (Å²) in [7, 11) is 1.75. The van der Waals surface area contributed by atoms with Gasteiger partial charge in [0, 0.05) is 7.11 Å². The number of hydrogen-bond donors (Lipinski definition) is 1. The molecular weight excluding hydrogens is 242 g/mol. The van der Waals surface area contributed by atoms with Crippen LogP contribution in [0.4, 0.5) is 6.01 Å². The van der Waals surface area contributed by atoms with E-state index in [0.717, 1.165) is 23.7 Å². The summed E-state index contributed by atoms with van der Waals surface area (Å²) >= 11 is 0. The molecule has 1 heterocycles. The predicted octanol–water partition coefficient (Wildman–Crippen LogP) is 2.41. The Bertz CT molecular complexity index is 445. The molecule has 4 aliphatic carbocycles. The van der Waals surface area contributed by atoms with Crippen LogP contribution in [0.3, 0.4) is 0 Å². The second-order valence-electron chi connectivity index (χ2n) is 6.64. The van der Waals surface area contributed by atoms with Gasteiger partial charge in [0.1, 0.15) is 6.10 Å². The monoisotopic (exact) mass is 263 g/mol. The molecule has 5 rings (SSSR count). The molecule has 4 aliphatic rings. The zero-order valence-corrected chi connectivity index (χ0v) is 11.3. The van der Waals surface area contributed by atoms with Crippen molar-refractivity contribution in [3.8, 4) is 0 Å². The fraction of sp³-hybridized carbons (Fsp3) is 0.857. The van der Waals surface area contributed by atoms with Gasteiger partial charge in [0.15, 0.2) is 0 Å². The molecule has 0 amide bonds. The van der Waals surface area contributed by atoms with Crippen molar-refractivity contribution in [2.45, 2.75) is 38.2 Å². The minimum atomic E-state index is -0.0696. The van der Waals surface area contributed by atoms with Crippen LogP contribution in [0.5, 0.6) is 0 Å². The first-order valence-electron chi connectivity index (χ1n) is 7.36. The summed E-state index contributed by atoms with van der Waals surface area (Å²) in [6.07, 6.45) is 6.84. The molecular formula is C14H21N3O2. The van der Waals surface area contributed by atoms with Gasteiger partial charge in [0.25, 0.3) is 0 Å². The number of ether oxygens (including phenoxy) is 1. The molecule has 0 saturated heterocycles. The Hall–Kier alpha value is -1.10. The van der Waals surface area contributed by atoms with Gasteiger partial charge < -0.3 is 14.9 Å². The summed E-state index contributed by atoms with van der Waals surface area (Å²) in [5.74, 6) is 4.58. The van der Waals surface area contributed by atoms with Crippen molar-refractivity contribution in [1.29, 1.82) is 0 Å². The Kier molecular flexibility index (Phi) is 2.59. The van der Waals surface area contributed by atoms with Crippen LogP contribution in [0.1, 0.15) is 44.1 Å². The average molecular weight is 263 g/mol. The van der Waals surface area contributed by atoms with E-state index in [4.69, 9.17) is 14.9 Å². The molecule has 19 heavy (non-hydrogen) atoms. The van der Waals surface area contributed by atoms with E-state index >= 15 is 0 Å². The maximum atomic E-state index is 5.72. The van der Waals surface area contributed by atoms with Crippen LogP contribution in [0.15, 0.2) is 4.42 Å². The van der Waals surface area contributed by atoms with E-state index < -0.39 is 0 Å². The number of hydrogen-bond acceptors (Lipinski definition) is 5. The van der Waals surface area contributed by atoms with Crippen molar-refractivity contribution in [3.63, 3.8) is 0 Å². The second kappa shape index (κ2) is 4.20. The molecule has 5 heteroatoms. The highest BCUT2D eigenvalue weighted by molar-refractivity contribution is 5.09. The molecule has 4 bridgehead atoms. The molecule has 4 saturated carbocycles. The Morgan fingerprint density at radius 1 is 1.11 bits per heavy atom. The highest BCUT2D eigenvalue weighted by atomic mass is 16.5. The summed E-state index contributed by atoms with van der Waals surface area (Å²) in [4.78, 5) is 0. The van der Waals surface area contributed by atoms with Crippen LogP contribution in [0.25, 0.3) is 0 Å². The highest BCUT2D eigenvalue weighted by Gasteiger charge is 2.52. The molecule has 5 nitrogen and oxygen atoms in total. The van der Waals surface area contributed by atoms with Crippen molar-refractivity contribution in [2.24, 2.45) is 29.6 Å². The first kappa shape index (κ1) is 11.7. The van der Waals surface area contributed by atoms with Crippen molar-refractivity contribution >= 4 is 6.01 Å². The summed E-state index contributed by atoms with van der Waals surface area (Å²) in [5, 5.41) is 7.83. The maximum absolute atomic E-state index is 5.72. The predicted molar refractivity (Wildman–Crippen MR) is 69.0 cm³/mol. The van der Waals surface area contributed by atoms with Gasteiger partial charge in [-0.05, 0) is 61.7 Å². The number of nitrogens with zero attached hydrogens (tertiary/aromatic N) is 2. The smallest absolute Gasteiger partial charge is 0.312 e. The zero-order chi connectivity index (χ0) is 13.0. The number of nitrogens with two attached hydrogens (primary N) is 1. The van der Waals surface area contributed by atoms with Crippen molar-refractivity contribution in [3.05, 3.63) is 5.89 Å². The number of methoxy groups -OCH3 is 1. The lowest BCUT2D eigenvalue weighted by molar-refractivity contribution is -0.110. The SMILES string of the molecule is COC(c1nnc(N)o1)C1C2CC3CC(C2)CC1C3. The van der Waals surface area contributed by atoms with Gasteiger partial charge in [-0.15, -0.1) is 5.10 Å². The second-order valence-corrected chi connectivity index (χ2v) is 6.64. The molecule has 0 aromatic carbocycles. The molecule has 2 N–H and O–H groups in total. The third kappa shape index (κ3) is 1.78. The summed E-state index contributed by atoms with van der Waals surface area (Å²) in [6, 6.07) is 0.140. The largest absolute Gasteiger partial charge is 0.405 e. The Morgan fingerprint density at radius 2 is 1.74 bits per heavy atom. The zero-order valence-electron chi connectivity index (χ0n) is 11.3. The lowest BCUT2D eigenvalue weighted by Crippen LogP contribution is -2.47. The molecule has 0 radical (unpaired) electrons. The number of nitrogen functional groups attached to an aromatic ring is 1. The van der Waals surface area contributed by atoms with Crippen LogP contribution >= 0.6 is 0 Å². The third-order valence-corrected chi connectivity index (χ3v) is 5.60. The summed E-state index contributed by atoms with van der Waals surface area (Å²) in [6.45, 7) is 0. The fourth-order valence-corrected chi connectivity index (χ4v) is 5.25. The van der Waals surface area contributed by atoms with E-state index in [1.54, 1.807) is 7.11 Å². The molecule has 1 unspecified atom stereocenters. The highest BCUT2D eigenvalue weighted by Crippen LogP contribution is 2.59. The number of aromatic nitrogens is 2.